The van der Waals surface area contributed by atoms with Crippen molar-refractivity contribution in [3.63, 3.8) is 0 Å². The molecule has 1 aromatic carbocycles. The molecule has 0 bridgehead atoms. The topological polar surface area (TPSA) is 17.1 Å². The quantitative estimate of drug-likeness (QED) is 0.673. The first-order chi connectivity index (χ1) is 6.79. The Bertz CT molecular complexity index is 312. The van der Waals surface area contributed by atoms with Crippen LogP contribution in [0.15, 0.2) is 24.3 Å². The van der Waals surface area contributed by atoms with E-state index >= 15 is 0 Å². The molecule has 1 aromatic rings. The number of rotatable bonds is 3. The summed E-state index contributed by atoms with van der Waals surface area (Å²) in [5.74, 6) is 0.917. The molecule has 74 valence electrons. The molecule has 0 aromatic heterocycles. The van der Waals surface area contributed by atoms with Crippen LogP contribution in [0.1, 0.15) is 30.7 Å². The standard InChI is InChI=1S/C12H13FO/c13-12-3-1-10(2-4-12)11-7-9(8-11)5-6-14/h1-4,6,9,11H,5,7-8H2. The SMILES string of the molecule is O=CCC1CC(c2ccc(F)cc2)C1. The van der Waals surface area contributed by atoms with Crippen LogP contribution < -0.4 is 0 Å². The zero-order chi connectivity index (χ0) is 9.97. The Morgan fingerprint density at radius 2 is 1.93 bits per heavy atom. The Hall–Kier alpha value is -1.18. The van der Waals surface area contributed by atoms with E-state index in [1.807, 2.05) is 12.1 Å². The summed E-state index contributed by atoms with van der Waals surface area (Å²) in [6.45, 7) is 0. The van der Waals surface area contributed by atoms with Crippen molar-refractivity contribution in [1.82, 2.24) is 0 Å². The van der Waals surface area contributed by atoms with E-state index < -0.39 is 0 Å². The lowest BCUT2D eigenvalue weighted by Gasteiger charge is -2.34. The second-order valence-electron chi connectivity index (χ2n) is 3.99. The van der Waals surface area contributed by atoms with Gasteiger partial charge >= 0.3 is 0 Å². The fraction of sp³-hybridized carbons (Fsp3) is 0.417. The van der Waals surface area contributed by atoms with Crippen molar-refractivity contribution < 1.29 is 9.18 Å². The van der Waals surface area contributed by atoms with Gasteiger partial charge in [-0.15, -0.1) is 0 Å². The second-order valence-corrected chi connectivity index (χ2v) is 3.99. The van der Waals surface area contributed by atoms with Gasteiger partial charge in [0.2, 0.25) is 0 Å². The maximum atomic E-state index is 12.6. The molecule has 1 nitrogen and oxygen atoms in total. The highest BCUT2D eigenvalue weighted by atomic mass is 19.1. The molecule has 1 aliphatic carbocycles. The molecule has 0 saturated heterocycles. The van der Waals surface area contributed by atoms with E-state index in [1.165, 1.54) is 17.7 Å². The lowest BCUT2D eigenvalue weighted by molar-refractivity contribution is -0.109. The predicted molar refractivity (Wildman–Crippen MR) is 52.5 cm³/mol. The third-order valence-corrected chi connectivity index (χ3v) is 3.01. The van der Waals surface area contributed by atoms with Crippen LogP contribution in [0.2, 0.25) is 0 Å². The van der Waals surface area contributed by atoms with E-state index in [4.69, 9.17) is 0 Å². The Kier molecular flexibility index (Phi) is 2.62. The van der Waals surface area contributed by atoms with Crippen molar-refractivity contribution in [1.29, 1.82) is 0 Å². The van der Waals surface area contributed by atoms with Crippen molar-refractivity contribution in [2.24, 2.45) is 5.92 Å². The fourth-order valence-electron chi connectivity index (χ4n) is 2.07. The van der Waals surface area contributed by atoms with Gasteiger partial charge in [0, 0.05) is 6.42 Å². The largest absolute Gasteiger partial charge is 0.303 e. The van der Waals surface area contributed by atoms with Gasteiger partial charge in [0.15, 0.2) is 0 Å². The van der Waals surface area contributed by atoms with Crippen molar-refractivity contribution >= 4 is 6.29 Å². The summed E-state index contributed by atoms with van der Waals surface area (Å²) >= 11 is 0. The van der Waals surface area contributed by atoms with Gasteiger partial charge in [-0.25, -0.2) is 4.39 Å². The molecule has 0 spiro atoms. The van der Waals surface area contributed by atoms with E-state index in [1.54, 1.807) is 0 Å². The number of carbonyl (C=O) groups is 1. The predicted octanol–water partition coefficient (Wildman–Crippen LogP) is 2.91. The normalized spacial score (nSPS) is 25.5. The van der Waals surface area contributed by atoms with Crippen molar-refractivity contribution in [3.05, 3.63) is 35.6 Å². The lowest BCUT2D eigenvalue weighted by Crippen LogP contribution is -2.22. The molecule has 0 heterocycles. The minimum absolute atomic E-state index is 0.183. The summed E-state index contributed by atoms with van der Waals surface area (Å²) in [5, 5.41) is 0. The third-order valence-electron chi connectivity index (χ3n) is 3.01. The zero-order valence-corrected chi connectivity index (χ0v) is 7.95. The molecule has 0 amide bonds. The van der Waals surface area contributed by atoms with E-state index in [0.29, 0.717) is 18.3 Å². The summed E-state index contributed by atoms with van der Waals surface area (Å²) in [6.07, 6.45) is 3.82. The third kappa shape index (κ3) is 1.84. The van der Waals surface area contributed by atoms with Crippen LogP contribution in [-0.4, -0.2) is 6.29 Å². The van der Waals surface area contributed by atoms with E-state index in [2.05, 4.69) is 0 Å². The van der Waals surface area contributed by atoms with Crippen LogP contribution in [0.3, 0.4) is 0 Å². The number of hydrogen-bond donors (Lipinski definition) is 0. The van der Waals surface area contributed by atoms with Gasteiger partial charge in [-0.05, 0) is 42.4 Å². The van der Waals surface area contributed by atoms with Crippen LogP contribution in [-0.2, 0) is 4.79 Å². The van der Waals surface area contributed by atoms with Crippen LogP contribution in [0.25, 0.3) is 0 Å². The maximum Gasteiger partial charge on any atom is 0.123 e. The van der Waals surface area contributed by atoms with Gasteiger partial charge in [-0.2, -0.15) is 0 Å². The average molecular weight is 192 g/mol. The molecular formula is C12H13FO. The molecular weight excluding hydrogens is 179 g/mol. The van der Waals surface area contributed by atoms with Gasteiger partial charge in [0.05, 0.1) is 0 Å². The maximum absolute atomic E-state index is 12.6. The number of hydrogen-bond acceptors (Lipinski definition) is 1. The Morgan fingerprint density at radius 3 is 2.50 bits per heavy atom. The van der Waals surface area contributed by atoms with Crippen LogP contribution >= 0.6 is 0 Å². The molecule has 0 radical (unpaired) electrons. The number of benzene rings is 1. The molecule has 0 unspecified atom stereocenters. The van der Waals surface area contributed by atoms with Gasteiger partial charge in [0.25, 0.3) is 0 Å². The highest BCUT2D eigenvalue weighted by Crippen LogP contribution is 2.42. The summed E-state index contributed by atoms with van der Waals surface area (Å²) in [4.78, 5) is 10.2. The molecule has 2 rings (SSSR count). The number of halogens is 1. The molecule has 1 fully saturated rings. The monoisotopic (exact) mass is 192 g/mol. The first-order valence-corrected chi connectivity index (χ1v) is 4.98. The lowest BCUT2D eigenvalue weighted by atomic mass is 9.70. The van der Waals surface area contributed by atoms with Crippen molar-refractivity contribution in [2.75, 3.05) is 0 Å². The smallest absolute Gasteiger partial charge is 0.123 e. The van der Waals surface area contributed by atoms with Crippen LogP contribution in [0.5, 0.6) is 0 Å². The molecule has 0 atom stereocenters. The van der Waals surface area contributed by atoms with Crippen LogP contribution in [0.4, 0.5) is 4.39 Å². The number of carbonyl (C=O) groups excluding carboxylic acids is 1. The Labute approximate surface area is 82.9 Å². The van der Waals surface area contributed by atoms with Crippen molar-refractivity contribution in [3.8, 4) is 0 Å². The van der Waals surface area contributed by atoms with Gasteiger partial charge in [-0.1, -0.05) is 12.1 Å². The number of aldehydes is 1. The summed E-state index contributed by atoms with van der Waals surface area (Å²) in [7, 11) is 0. The van der Waals surface area contributed by atoms with E-state index in [9.17, 15) is 9.18 Å². The Balaban J connectivity index is 1.93. The Morgan fingerprint density at radius 1 is 1.29 bits per heavy atom. The average Bonchev–Trinajstić information content (AvgIpc) is 2.13. The highest BCUT2D eigenvalue weighted by Gasteiger charge is 2.29. The molecule has 0 aliphatic heterocycles. The second kappa shape index (κ2) is 3.91. The van der Waals surface area contributed by atoms with Crippen LogP contribution in [0, 0.1) is 11.7 Å². The fourth-order valence-corrected chi connectivity index (χ4v) is 2.07. The first kappa shape index (κ1) is 9.38. The first-order valence-electron chi connectivity index (χ1n) is 4.98. The minimum atomic E-state index is -0.183. The molecule has 1 aliphatic rings. The molecule has 14 heavy (non-hydrogen) atoms. The minimum Gasteiger partial charge on any atom is -0.303 e. The van der Waals surface area contributed by atoms with E-state index in [-0.39, 0.29) is 5.82 Å². The summed E-state index contributed by atoms with van der Waals surface area (Å²) in [6, 6.07) is 6.69. The molecule has 2 heteroatoms. The van der Waals surface area contributed by atoms with Crippen molar-refractivity contribution in [2.45, 2.75) is 25.2 Å². The van der Waals surface area contributed by atoms with Gasteiger partial charge in [0.1, 0.15) is 12.1 Å². The zero-order valence-electron chi connectivity index (χ0n) is 7.95. The van der Waals surface area contributed by atoms with E-state index in [0.717, 1.165) is 19.1 Å². The van der Waals surface area contributed by atoms with Gasteiger partial charge < -0.3 is 4.79 Å². The summed E-state index contributed by atoms with van der Waals surface area (Å²) < 4.78 is 12.6. The molecule has 0 N–H and O–H groups in total. The highest BCUT2D eigenvalue weighted by molar-refractivity contribution is 5.50. The summed E-state index contributed by atoms with van der Waals surface area (Å²) in [5.41, 5.74) is 1.20. The molecule has 1 saturated carbocycles. The van der Waals surface area contributed by atoms with Gasteiger partial charge in [-0.3, -0.25) is 0 Å².